The van der Waals surface area contributed by atoms with Crippen LogP contribution >= 0.6 is 0 Å². The average molecular weight is 439 g/mol. The van der Waals surface area contributed by atoms with E-state index in [1.54, 1.807) is 18.2 Å². The molecular weight excluding hydrogens is 408 g/mol. The maximum absolute atomic E-state index is 12.1. The molecule has 0 spiro atoms. The largest absolute Gasteiger partial charge is 0.454 e. The Hall–Kier alpha value is -3.39. The second-order valence-electron chi connectivity index (χ2n) is 7.73. The number of rotatable bonds is 8. The number of ether oxygens (including phenoxy) is 1. The van der Waals surface area contributed by atoms with Crippen LogP contribution in [0.1, 0.15) is 22.8 Å². The molecule has 3 rings (SSSR count). The predicted octanol–water partition coefficient (Wildman–Crippen LogP) is 2.05. The lowest BCUT2D eigenvalue weighted by molar-refractivity contribution is -0.146. The van der Waals surface area contributed by atoms with Crippen molar-refractivity contribution in [2.45, 2.75) is 13.8 Å². The zero-order chi connectivity index (χ0) is 22.9. The van der Waals surface area contributed by atoms with E-state index in [4.69, 9.17) is 4.74 Å². The van der Waals surface area contributed by atoms with E-state index in [1.165, 1.54) is 0 Å². The summed E-state index contributed by atoms with van der Waals surface area (Å²) in [5, 5.41) is 5.20. The maximum Gasteiger partial charge on any atom is 0.325 e. The van der Waals surface area contributed by atoms with Crippen LogP contribution in [0.15, 0.2) is 48.5 Å². The van der Waals surface area contributed by atoms with Gasteiger partial charge in [0.1, 0.15) is 6.54 Å². The Morgan fingerprint density at radius 1 is 1.00 bits per heavy atom. The number of carbonyl (C=O) groups excluding carboxylic acids is 3. The predicted molar refractivity (Wildman–Crippen MR) is 124 cm³/mol. The van der Waals surface area contributed by atoms with Crippen LogP contribution < -0.4 is 15.5 Å². The maximum atomic E-state index is 12.1. The number of carbonyl (C=O) groups is 3. The van der Waals surface area contributed by atoms with Crippen LogP contribution in [0.4, 0.5) is 11.4 Å². The molecule has 0 saturated carbocycles. The smallest absolute Gasteiger partial charge is 0.325 e. The first-order valence-electron chi connectivity index (χ1n) is 10.8. The summed E-state index contributed by atoms with van der Waals surface area (Å²) in [6, 6.07) is 14.7. The number of anilines is 2. The molecular formula is C24H30N4O4. The van der Waals surface area contributed by atoms with E-state index in [9.17, 15) is 14.4 Å². The number of aryl methyl sites for hydroxylation is 1. The minimum Gasteiger partial charge on any atom is -0.454 e. The van der Waals surface area contributed by atoms with Crippen molar-refractivity contribution in [3.63, 3.8) is 0 Å². The molecule has 1 fully saturated rings. The number of piperazine rings is 1. The summed E-state index contributed by atoms with van der Waals surface area (Å²) < 4.78 is 4.95. The number of hydrogen-bond donors (Lipinski definition) is 2. The second kappa shape index (κ2) is 11.3. The summed E-state index contributed by atoms with van der Waals surface area (Å²) in [6.07, 6.45) is 0. The first-order valence-corrected chi connectivity index (χ1v) is 10.8. The van der Waals surface area contributed by atoms with E-state index >= 15 is 0 Å². The number of likely N-dealkylation sites (N-methyl/N-ethyl adjacent to an activating group) is 1. The number of nitrogens with one attached hydrogen (secondary N) is 2. The fourth-order valence-corrected chi connectivity index (χ4v) is 3.51. The van der Waals surface area contributed by atoms with Gasteiger partial charge in [-0.05, 0) is 49.9 Å². The van der Waals surface area contributed by atoms with Crippen molar-refractivity contribution in [2.75, 3.05) is 56.1 Å². The summed E-state index contributed by atoms with van der Waals surface area (Å²) >= 11 is 0. The molecule has 8 nitrogen and oxygen atoms in total. The van der Waals surface area contributed by atoms with Crippen LogP contribution in [0.25, 0.3) is 0 Å². The molecule has 0 aromatic heterocycles. The van der Waals surface area contributed by atoms with Gasteiger partial charge in [-0.2, -0.15) is 0 Å². The van der Waals surface area contributed by atoms with Crippen LogP contribution in [-0.2, 0) is 14.3 Å². The van der Waals surface area contributed by atoms with Crippen molar-refractivity contribution in [1.29, 1.82) is 0 Å². The molecule has 170 valence electrons. The molecule has 2 N–H and O–H groups in total. The summed E-state index contributed by atoms with van der Waals surface area (Å²) in [5.74, 6) is -1.48. The first-order chi connectivity index (χ1) is 15.4. The third-order valence-corrected chi connectivity index (χ3v) is 5.37. The highest BCUT2D eigenvalue weighted by Crippen LogP contribution is 2.19. The van der Waals surface area contributed by atoms with Crippen LogP contribution in [0.3, 0.4) is 0 Å². The van der Waals surface area contributed by atoms with E-state index in [0.717, 1.165) is 44.0 Å². The summed E-state index contributed by atoms with van der Waals surface area (Å²) in [6.45, 7) is 8.46. The average Bonchev–Trinajstić information content (AvgIpc) is 2.82. The van der Waals surface area contributed by atoms with Gasteiger partial charge in [0, 0.05) is 43.1 Å². The van der Waals surface area contributed by atoms with Gasteiger partial charge in [-0.15, -0.1) is 0 Å². The van der Waals surface area contributed by atoms with Gasteiger partial charge in [-0.1, -0.05) is 24.6 Å². The Morgan fingerprint density at radius 3 is 2.38 bits per heavy atom. The van der Waals surface area contributed by atoms with Gasteiger partial charge in [0.05, 0.1) is 0 Å². The summed E-state index contributed by atoms with van der Waals surface area (Å²) in [7, 11) is 0. The number of hydrogen-bond acceptors (Lipinski definition) is 6. The number of amides is 2. The molecule has 8 heteroatoms. The van der Waals surface area contributed by atoms with Crippen molar-refractivity contribution in [3.05, 3.63) is 59.7 Å². The number of benzene rings is 2. The lowest BCUT2D eigenvalue weighted by Crippen LogP contribution is -2.46. The molecule has 0 atom stereocenters. The molecule has 32 heavy (non-hydrogen) atoms. The molecule has 0 bridgehead atoms. The van der Waals surface area contributed by atoms with Gasteiger partial charge in [0.15, 0.2) is 6.61 Å². The van der Waals surface area contributed by atoms with Crippen molar-refractivity contribution >= 4 is 29.2 Å². The first kappa shape index (κ1) is 23.3. The fourth-order valence-electron chi connectivity index (χ4n) is 3.51. The highest BCUT2D eigenvalue weighted by molar-refractivity contribution is 5.96. The summed E-state index contributed by atoms with van der Waals surface area (Å²) in [4.78, 5) is 40.7. The Kier molecular flexibility index (Phi) is 8.21. The van der Waals surface area contributed by atoms with E-state index in [-0.39, 0.29) is 12.5 Å². The Bertz CT molecular complexity index is 937. The Balaban J connectivity index is 1.38. The number of nitrogens with zero attached hydrogens (tertiary/aromatic N) is 2. The van der Waals surface area contributed by atoms with E-state index in [0.29, 0.717) is 11.3 Å². The Morgan fingerprint density at radius 2 is 1.72 bits per heavy atom. The monoisotopic (exact) mass is 438 g/mol. The van der Waals surface area contributed by atoms with Crippen LogP contribution in [0, 0.1) is 6.92 Å². The van der Waals surface area contributed by atoms with Crippen LogP contribution in [0.5, 0.6) is 0 Å². The fraction of sp³-hybridized carbons (Fsp3) is 0.375. The van der Waals surface area contributed by atoms with Gasteiger partial charge in [0.2, 0.25) is 0 Å². The van der Waals surface area contributed by atoms with Crippen LogP contribution in [0.2, 0.25) is 0 Å². The third kappa shape index (κ3) is 6.81. The van der Waals surface area contributed by atoms with Crippen molar-refractivity contribution < 1.29 is 19.1 Å². The molecule has 0 radical (unpaired) electrons. The lowest BCUT2D eigenvalue weighted by atomic mass is 10.1. The van der Waals surface area contributed by atoms with Gasteiger partial charge < -0.3 is 25.2 Å². The Labute approximate surface area is 188 Å². The highest BCUT2D eigenvalue weighted by atomic mass is 16.5. The molecule has 2 amide bonds. The number of esters is 1. The van der Waals surface area contributed by atoms with Gasteiger partial charge >= 0.3 is 5.97 Å². The standard InChI is InChI=1S/C24H30N4O4/c1-3-27-11-13-28(14-12-27)21-9-7-20(8-10-21)26-22(29)17-32-23(30)16-25-24(31)19-6-4-5-18(2)15-19/h4-10,15H,3,11-14,16-17H2,1-2H3,(H,25,31)(H,26,29). The molecule has 1 heterocycles. The van der Waals surface area contributed by atoms with Crippen molar-refractivity contribution in [2.24, 2.45) is 0 Å². The summed E-state index contributed by atoms with van der Waals surface area (Å²) in [5.41, 5.74) is 3.17. The SMILES string of the molecule is CCN1CCN(c2ccc(NC(=O)COC(=O)CNC(=O)c3cccc(C)c3)cc2)CC1. The van der Waals surface area contributed by atoms with E-state index < -0.39 is 18.5 Å². The van der Waals surface area contributed by atoms with E-state index in [1.807, 2.05) is 37.3 Å². The molecule has 1 aliphatic rings. The van der Waals surface area contributed by atoms with Gasteiger partial charge in [-0.25, -0.2) is 0 Å². The minimum atomic E-state index is -0.678. The normalized spacial score (nSPS) is 14.0. The van der Waals surface area contributed by atoms with Crippen molar-refractivity contribution in [3.8, 4) is 0 Å². The topological polar surface area (TPSA) is 91.0 Å². The lowest BCUT2D eigenvalue weighted by Gasteiger charge is -2.35. The zero-order valence-corrected chi connectivity index (χ0v) is 18.6. The van der Waals surface area contributed by atoms with Gasteiger partial charge in [-0.3, -0.25) is 14.4 Å². The molecule has 1 saturated heterocycles. The molecule has 2 aromatic carbocycles. The highest BCUT2D eigenvalue weighted by Gasteiger charge is 2.16. The molecule has 0 unspecified atom stereocenters. The molecule has 2 aromatic rings. The molecule has 0 aliphatic carbocycles. The minimum absolute atomic E-state index is 0.306. The second-order valence-corrected chi connectivity index (χ2v) is 7.73. The van der Waals surface area contributed by atoms with Crippen molar-refractivity contribution in [1.82, 2.24) is 10.2 Å². The van der Waals surface area contributed by atoms with E-state index in [2.05, 4.69) is 27.4 Å². The van der Waals surface area contributed by atoms with Gasteiger partial charge in [0.25, 0.3) is 11.8 Å². The van der Waals surface area contributed by atoms with Crippen LogP contribution in [-0.4, -0.2) is 68.6 Å². The quantitative estimate of drug-likeness (QED) is 0.613. The zero-order valence-electron chi connectivity index (χ0n) is 18.6. The third-order valence-electron chi connectivity index (χ3n) is 5.37. The molecule has 1 aliphatic heterocycles.